The van der Waals surface area contributed by atoms with E-state index in [4.69, 9.17) is 0 Å². The summed E-state index contributed by atoms with van der Waals surface area (Å²) in [6, 6.07) is 8.18. The lowest BCUT2D eigenvalue weighted by Crippen LogP contribution is -2.51. The molecule has 0 spiro atoms. The predicted octanol–water partition coefficient (Wildman–Crippen LogP) is 1.22. The Kier molecular flexibility index (Phi) is 5.84. The van der Waals surface area contributed by atoms with Gasteiger partial charge < -0.3 is 20.4 Å². The number of benzene rings is 1. The van der Waals surface area contributed by atoms with E-state index in [1.165, 1.54) is 5.56 Å². The summed E-state index contributed by atoms with van der Waals surface area (Å²) in [5.74, 6) is 0.143. The lowest BCUT2D eigenvalue weighted by Gasteiger charge is -2.30. The Labute approximate surface area is 137 Å². The first kappa shape index (κ1) is 17.1. The van der Waals surface area contributed by atoms with Crippen LogP contribution < -0.4 is 15.5 Å². The molecule has 126 valence electrons. The van der Waals surface area contributed by atoms with E-state index in [-0.39, 0.29) is 18.0 Å². The molecule has 1 atom stereocenters. The summed E-state index contributed by atoms with van der Waals surface area (Å²) in [6.45, 7) is 1.17. The van der Waals surface area contributed by atoms with Crippen molar-refractivity contribution in [2.45, 2.75) is 25.3 Å². The van der Waals surface area contributed by atoms with E-state index < -0.39 is 0 Å². The molecule has 6 heteroatoms. The largest absolute Gasteiger partial charge is 0.378 e. The van der Waals surface area contributed by atoms with Crippen molar-refractivity contribution >= 4 is 17.6 Å². The standard InChI is InChI=1S/C17H26N4O2/c1-20(2)15-7-4-13(5-8-15)10-11-18-17(23)19-14-6-9-16(22)21(3)12-14/h4-5,7-8,14H,6,9-12H2,1-3H3,(H2,18,19,23). The second-order valence-electron chi connectivity index (χ2n) is 6.22. The average molecular weight is 318 g/mol. The molecule has 1 aromatic rings. The van der Waals surface area contributed by atoms with Crippen molar-refractivity contribution in [2.75, 3.05) is 39.1 Å². The lowest BCUT2D eigenvalue weighted by atomic mass is 10.1. The topological polar surface area (TPSA) is 64.7 Å². The summed E-state index contributed by atoms with van der Waals surface area (Å²) in [7, 11) is 5.79. The highest BCUT2D eigenvalue weighted by molar-refractivity contribution is 5.78. The van der Waals surface area contributed by atoms with Crippen LogP contribution >= 0.6 is 0 Å². The third kappa shape index (κ3) is 5.16. The molecular weight excluding hydrogens is 292 g/mol. The Morgan fingerprint density at radius 3 is 2.61 bits per heavy atom. The highest BCUT2D eigenvalue weighted by atomic mass is 16.2. The summed E-state index contributed by atoms with van der Waals surface area (Å²) < 4.78 is 0. The van der Waals surface area contributed by atoms with Gasteiger partial charge in [-0.3, -0.25) is 4.79 Å². The first-order valence-electron chi connectivity index (χ1n) is 8.00. The Morgan fingerprint density at radius 1 is 1.30 bits per heavy atom. The Balaban J connectivity index is 1.69. The van der Waals surface area contributed by atoms with Crippen molar-refractivity contribution in [1.82, 2.24) is 15.5 Å². The number of likely N-dealkylation sites (tertiary alicyclic amines) is 1. The molecule has 6 nitrogen and oxygen atoms in total. The number of hydrogen-bond donors (Lipinski definition) is 2. The van der Waals surface area contributed by atoms with E-state index >= 15 is 0 Å². The smallest absolute Gasteiger partial charge is 0.315 e. The number of likely N-dealkylation sites (N-methyl/N-ethyl adjacent to an activating group) is 1. The average Bonchev–Trinajstić information content (AvgIpc) is 2.51. The fraction of sp³-hybridized carbons (Fsp3) is 0.529. The molecule has 23 heavy (non-hydrogen) atoms. The Morgan fingerprint density at radius 2 is 2.00 bits per heavy atom. The number of piperidine rings is 1. The summed E-state index contributed by atoms with van der Waals surface area (Å²) >= 11 is 0. The number of nitrogens with zero attached hydrogens (tertiary/aromatic N) is 2. The molecule has 0 radical (unpaired) electrons. The first-order chi connectivity index (χ1) is 11.0. The van der Waals surface area contributed by atoms with E-state index in [0.29, 0.717) is 25.9 Å². The van der Waals surface area contributed by atoms with Gasteiger partial charge in [0, 0.05) is 52.4 Å². The van der Waals surface area contributed by atoms with Gasteiger partial charge in [-0.05, 0) is 30.5 Å². The van der Waals surface area contributed by atoms with Gasteiger partial charge in [0.05, 0.1) is 0 Å². The number of urea groups is 1. The fourth-order valence-corrected chi connectivity index (χ4v) is 2.65. The van der Waals surface area contributed by atoms with Crippen molar-refractivity contribution in [3.05, 3.63) is 29.8 Å². The molecule has 2 rings (SSSR count). The van der Waals surface area contributed by atoms with Crippen molar-refractivity contribution in [1.29, 1.82) is 0 Å². The third-order valence-corrected chi connectivity index (χ3v) is 4.11. The molecule has 2 N–H and O–H groups in total. The van der Waals surface area contributed by atoms with Crippen molar-refractivity contribution < 1.29 is 9.59 Å². The zero-order valence-electron chi connectivity index (χ0n) is 14.1. The van der Waals surface area contributed by atoms with E-state index in [0.717, 1.165) is 12.1 Å². The molecule has 1 aromatic carbocycles. The van der Waals surface area contributed by atoms with Crippen molar-refractivity contribution in [3.63, 3.8) is 0 Å². The van der Waals surface area contributed by atoms with Crippen LogP contribution in [0.3, 0.4) is 0 Å². The van der Waals surface area contributed by atoms with Gasteiger partial charge in [0.25, 0.3) is 0 Å². The molecule has 1 aliphatic heterocycles. The second-order valence-corrected chi connectivity index (χ2v) is 6.22. The number of anilines is 1. The van der Waals surface area contributed by atoms with Crippen LogP contribution in [0.4, 0.5) is 10.5 Å². The summed E-state index contributed by atoms with van der Waals surface area (Å²) in [6.07, 6.45) is 2.01. The number of carbonyl (C=O) groups is 2. The van der Waals surface area contributed by atoms with Gasteiger partial charge in [-0.2, -0.15) is 0 Å². The monoisotopic (exact) mass is 318 g/mol. The highest BCUT2D eigenvalue weighted by Gasteiger charge is 2.23. The fourth-order valence-electron chi connectivity index (χ4n) is 2.65. The molecule has 0 saturated carbocycles. The molecule has 0 aliphatic carbocycles. The minimum Gasteiger partial charge on any atom is -0.378 e. The third-order valence-electron chi connectivity index (χ3n) is 4.11. The van der Waals surface area contributed by atoms with E-state index in [1.807, 2.05) is 14.1 Å². The zero-order valence-corrected chi connectivity index (χ0v) is 14.1. The summed E-state index contributed by atoms with van der Waals surface area (Å²) in [5, 5.41) is 5.81. The number of amides is 3. The number of carbonyl (C=O) groups excluding carboxylic acids is 2. The zero-order chi connectivity index (χ0) is 16.8. The molecule has 1 heterocycles. The second kappa shape index (κ2) is 7.85. The number of nitrogens with one attached hydrogen (secondary N) is 2. The Hall–Kier alpha value is -2.24. The van der Waals surface area contributed by atoms with Gasteiger partial charge >= 0.3 is 6.03 Å². The minimum absolute atomic E-state index is 0.0390. The highest BCUT2D eigenvalue weighted by Crippen LogP contribution is 2.12. The molecule has 1 unspecified atom stereocenters. The minimum atomic E-state index is -0.164. The van der Waals surface area contributed by atoms with Crippen LogP contribution in [0.15, 0.2) is 24.3 Å². The van der Waals surface area contributed by atoms with Crippen LogP contribution in [0.1, 0.15) is 18.4 Å². The van der Waals surface area contributed by atoms with Crippen LogP contribution in [0.25, 0.3) is 0 Å². The maximum atomic E-state index is 11.9. The molecule has 1 saturated heterocycles. The molecule has 1 aliphatic rings. The molecule has 0 bridgehead atoms. The van der Waals surface area contributed by atoms with Gasteiger partial charge in [-0.25, -0.2) is 4.79 Å². The number of rotatable bonds is 5. The molecule has 1 fully saturated rings. The molecule has 3 amide bonds. The number of hydrogen-bond acceptors (Lipinski definition) is 3. The summed E-state index contributed by atoms with van der Waals surface area (Å²) in [4.78, 5) is 27.0. The molecular formula is C17H26N4O2. The quantitative estimate of drug-likeness (QED) is 0.858. The Bertz CT molecular complexity index is 542. The van der Waals surface area contributed by atoms with Gasteiger partial charge in [0.2, 0.25) is 5.91 Å². The van der Waals surface area contributed by atoms with Crippen LogP contribution in [0, 0.1) is 0 Å². The van der Waals surface area contributed by atoms with Gasteiger partial charge in [0.15, 0.2) is 0 Å². The van der Waals surface area contributed by atoms with Crippen molar-refractivity contribution in [3.8, 4) is 0 Å². The molecule has 0 aromatic heterocycles. The van der Waals surface area contributed by atoms with Crippen LogP contribution in [0.2, 0.25) is 0 Å². The predicted molar refractivity (Wildman–Crippen MR) is 91.7 cm³/mol. The van der Waals surface area contributed by atoms with Crippen LogP contribution in [-0.4, -0.2) is 57.1 Å². The van der Waals surface area contributed by atoms with E-state index in [2.05, 4.69) is 39.8 Å². The maximum absolute atomic E-state index is 11.9. The SMILES string of the molecule is CN1CC(NC(=O)NCCc2ccc(N(C)C)cc2)CCC1=O. The van der Waals surface area contributed by atoms with Gasteiger partial charge in [-0.1, -0.05) is 12.1 Å². The maximum Gasteiger partial charge on any atom is 0.315 e. The first-order valence-corrected chi connectivity index (χ1v) is 8.00. The van der Waals surface area contributed by atoms with E-state index in [9.17, 15) is 9.59 Å². The summed E-state index contributed by atoms with van der Waals surface area (Å²) in [5.41, 5.74) is 2.36. The normalized spacial score (nSPS) is 17.8. The van der Waals surface area contributed by atoms with Crippen LogP contribution in [0.5, 0.6) is 0 Å². The van der Waals surface area contributed by atoms with E-state index in [1.54, 1.807) is 11.9 Å². The van der Waals surface area contributed by atoms with Gasteiger partial charge in [0.1, 0.15) is 0 Å². The van der Waals surface area contributed by atoms with Crippen molar-refractivity contribution in [2.24, 2.45) is 0 Å². The van der Waals surface area contributed by atoms with Gasteiger partial charge in [-0.15, -0.1) is 0 Å². The van der Waals surface area contributed by atoms with Crippen LogP contribution in [-0.2, 0) is 11.2 Å². The lowest BCUT2D eigenvalue weighted by molar-refractivity contribution is -0.132.